The SMILES string of the molecule is CN=C(NCCCNS(C)(=O)=O)NCCc1cc(C)cc(C)c1. The molecule has 1 aromatic carbocycles. The van der Waals surface area contributed by atoms with Crippen molar-refractivity contribution in [1.82, 2.24) is 15.4 Å². The minimum Gasteiger partial charge on any atom is -0.356 e. The van der Waals surface area contributed by atoms with Crippen molar-refractivity contribution in [2.75, 3.05) is 32.9 Å². The normalized spacial score (nSPS) is 12.3. The number of guanidine groups is 1. The lowest BCUT2D eigenvalue weighted by Crippen LogP contribution is -2.39. The number of benzene rings is 1. The Morgan fingerprint density at radius 1 is 1.04 bits per heavy atom. The van der Waals surface area contributed by atoms with Gasteiger partial charge in [-0.3, -0.25) is 4.99 Å². The van der Waals surface area contributed by atoms with Crippen LogP contribution in [0.15, 0.2) is 23.2 Å². The molecule has 0 saturated carbocycles. The van der Waals surface area contributed by atoms with Gasteiger partial charge in [-0.15, -0.1) is 0 Å². The predicted molar refractivity (Wildman–Crippen MR) is 96.4 cm³/mol. The summed E-state index contributed by atoms with van der Waals surface area (Å²) in [5.74, 6) is 0.730. The number of rotatable bonds is 8. The lowest BCUT2D eigenvalue weighted by atomic mass is 10.1. The van der Waals surface area contributed by atoms with Crippen LogP contribution in [0.3, 0.4) is 0 Å². The third-order valence-corrected chi connectivity index (χ3v) is 3.95. The van der Waals surface area contributed by atoms with Gasteiger partial charge in [0.25, 0.3) is 0 Å². The Hall–Kier alpha value is -1.60. The van der Waals surface area contributed by atoms with Crippen LogP contribution in [0.5, 0.6) is 0 Å². The van der Waals surface area contributed by atoms with Gasteiger partial charge in [0.1, 0.15) is 0 Å². The van der Waals surface area contributed by atoms with E-state index >= 15 is 0 Å². The van der Waals surface area contributed by atoms with Gasteiger partial charge in [0.15, 0.2) is 5.96 Å². The molecule has 0 unspecified atom stereocenters. The molecule has 0 fully saturated rings. The summed E-state index contributed by atoms with van der Waals surface area (Å²) in [4.78, 5) is 4.16. The summed E-state index contributed by atoms with van der Waals surface area (Å²) in [6, 6.07) is 6.56. The number of aliphatic imine (C=N–C) groups is 1. The summed E-state index contributed by atoms with van der Waals surface area (Å²) >= 11 is 0. The molecular formula is C16H28N4O2S. The smallest absolute Gasteiger partial charge is 0.208 e. The Labute approximate surface area is 139 Å². The molecule has 6 nitrogen and oxygen atoms in total. The fourth-order valence-corrected chi connectivity index (χ4v) is 2.83. The molecule has 3 N–H and O–H groups in total. The average molecular weight is 340 g/mol. The third-order valence-electron chi connectivity index (χ3n) is 3.22. The molecule has 0 aliphatic carbocycles. The Kier molecular flexibility index (Phi) is 8.05. The zero-order chi connectivity index (χ0) is 17.3. The first kappa shape index (κ1) is 19.4. The van der Waals surface area contributed by atoms with Crippen molar-refractivity contribution in [2.24, 2.45) is 4.99 Å². The molecule has 0 aliphatic heterocycles. The molecule has 0 saturated heterocycles. The second-order valence-corrected chi connectivity index (χ2v) is 7.52. The predicted octanol–water partition coefficient (Wildman–Crippen LogP) is 0.950. The Bertz CT molecular complexity index is 607. The Morgan fingerprint density at radius 2 is 1.65 bits per heavy atom. The molecule has 7 heteroatoms. The summed E-state index contributed by atoms with van der Waals surface area (Å²) in [7, 11) is -1.38. The molecule has 0 aliphatic rings. The highest BCUT2D eigenvalue weighted by atomic mass is 32.2. The van der Waals surface area contributed by atoms with Gasteiger partial charge in [-0.2, -0.15) is 0 Å². The number of nitrogens with zero attached hydrogens (tertiary/aromatic N) is 1. The van der Waals surface area contributed by atoms with E-state index in [1.54, 1.807) is 7.05 Å². The van der Waals surface area contributed by atoms with Gasteiger partial charge in [0.2, 0.25) is 10.0 Å². The zero-order valence-electron chi connectivity index (χ0n) is 14.4. The molecule has 1 aromatic rings. The summed E-state index contributed by atoms with van der Waals surface area (Å²) in [6.45, 7) is 6.09. The molecule has 0 spiro atoms. The minimum atomic E-state index is -3.11. The van der Waals surface area contributed by atoms with E-state index in [-0.39, 0.29) is 0 Å². The van der Waals surface area contributed by atoms with E-state index in [0.717, 1.165) is 25.2 Å². The largest absolute Gasteiger partial charge is 0.356 e. The molecule has 23 heavy (non-hydrogen) atoms. The van der Waals surface area contributed by atoms with Gasteiger partial charge >= 0.3 is 0 Å². The van der Waals surface area contributed by atoms with E-state index in [0.29, 0.717) is 19.5 Å². The van der Waals surface area contributed by atoms with E-state index in [1.165, 1.54) is 16.7 Å². The van der Waals surface area contributed by atoms with Crippen LogP contribution in [-0.2, 0) is 16.4 Å². The van der Waals surface area contributed by atoms with E-state index in [1.807, 2.05) is 0 Å². The van der Waals surface area contributed by atoms with Crippen LogP contribution in [-0.4, -0.2) is 47.3 Å². The topological polar surface area (TPSA) is 82.6 Å². The van der Waals surface area contributed by atoms with Gasteiger partial charge in [0.05, 0.1) is 6.26 Å². The van der Waals surface area contributed by atoms with Crippen molar-refractivity contribution in [3.05, 3.63) is 34.9 Å². The van der Waals surface area contributed by atoms with Crippen LogP contribution in [0.2, 0.25) is 0 Å². The highest BCUT2D eigenvalue weighted by Crippen LogP contribution is 2.08. The van der Waals surface area contributed by atoms with Gasteiger partial charge in [0, 0.05) is 26.7 Å². The van der Waals surface area contributed by atoms with Gasteiger partial charge in [-0.05, 0) is 32.3 Å². The van der Waals surface area contributed by atoms with Crippen molar-refractivity contribution in [1.29, 1.82) is 0 Å². The first-order valence-corrected chi connectivity index (χ1v) is 9.65. The summed E-state index contributed by atoms with van der Waals surface area (Å²) in [6.07, 6.45) is 2.79. The highest BCUT2D eigenvalue weighted by molar-refractivity contribution is 7.88. The molecule has 0 bridgehead atoms. The lowest BCUT2D eigenvalue weighted by molar-refractivity contribution is 0.584. The first-order valence-electron chi connectivity index (χ1n) is 7.76. The van der Waals surface area contributed by atoms with Crippen molar-refractivity contribution in [3.63, 3.8) is 0 Å². The number of nitrogens with one attached hydrogen (secondary N) is 3. The van der Waals surface area contributed by atoms with E-state index in [4.69, 9.17) is 0 Å². The van der Waals surface area contributed by atoms with Crippen molar-refractivity contribution >= 4 is 16.0 Å². The van der Waals surface area contributed by atoms with E-state index in [2.05, 4.69) is 52.4 Å². The number of sulfonamides is 1. The molecule has 0 amide bonds. The minimum absolute atomic E-state index is 0.422. The Morgan fingerprint density at radius 3 is 2.22 bits per heavy atom. The lowest BCUT2D eigenvalue weighted by Gasteiger charge is -2.12. The van der Waals surface area contributed by atoms with Gasteiger partial charge in [-0.25, -0.2) is 13.1 Å². The van der Waals surface area contributed by atoms with E-state index < -0.39 is 10.0 Å². The highest BCUT2D eigenvalue weighted by Gasteiger charge is 2.01. The zero-order valence-corrected chi connectivity index (χ0v) is 15.3. The van der Waals surface area contributed by atoms with Crippen LogP contribution < -0.4 is 15.4 Å². The van der Waals surface area contributed by atoms with Gasteiger partial charge < -0.3 is 10.6 Å². The summed E-state index contributed by atoms with van der Waals surface area (Å²) in [5, 5.41) is 6.43. The van der Waals surface area contributed by atoms with Crippen LogP contribution in [0.1, 0.15) is 23.1 Å². The summed E-state index contributed by atoms with van der Waals surface area (Å²) in [5.41, 5.74) is 3.87. The fraction of sp³-hybridized carbons (Fsp3) is 0.562. The monoisotopic (exact) mass is 340 g/mol. The molecule has 130 valence electrons. The molecule has 1 rings (SSSR count). The van der Waals surface area contributed by atoms with Crippen LogP contribution in [0.4, 0.5) is 0 Å². The average Bonchev–Trinajstić information content (AvgIpc) is 2.42. The molecule has 0 heterocycles. The maximum absolute atomic E-state index is 10.9. The Balaban J connectivity index is 2.26. The number of hydrogen-bond acceptors (Lipinski definition) is 3. The van der Waals surface area contributed by atoms with E-state index in [9.17, 15) is 8.42 Å². The standard InChI is InChI=1S/C16H28N4O2S/c1-13-10-14(2)12-15(11-13)6-9-19-16(17-3)18-7-5-8-20-23(4,21)22/h10-12,20H,5-9H2,1-4H3,(H2,17,18,19). The second kappa shape index (κ2) is 9.52. The van der Waals surface area contributed by atoms with Crippen LogP contribution in [0.25, 0.3) is 0 Å². The van der Waals surface area contributed by atoms with Crippen molar-refractivity contribution in [2.45, 2.75) is 26.7 Å². The number of hydrogen-bond donors (Lipinski definition) is 3. The second-order valence-electron chi connectivity index (χ2n) is 5.69. The maximum atomic E-state index is 10.9. The molecule has 0 atom stereocenters. The molecule has 0 radical (unpaired) electrons. The fourth-order valence-electron chi connectivity index (χ4n) is 2.31. The van der Waals surface area contributed by atoms with Crippen molar-refractivity contribution in [3.8, 4) is 0 Å². The first-order chi connectivity index (χ1) is 10.8. The van der Waals surface area contributed by atoms with Crippen molar-refractivity contribution < 1.29 is 8.42 Å². The maximum Gasteiger partial charge on any atom is 0.208 e. The van der Waals surface area contributed by atoms with Crippen LogP contribution >= 0.6 is 0 Å². The quantitative estimate of drug-likeness (QED) is 0.374. The molecular weight excluding hydrogens is 312 g/mol. The third kappa shape index (κ3) is 9.20. The summed E-state index contributed by atoms with van der Waals surface area (Å²) < 4.78 is 24.3. The number of aryl methyl sites for hydroxylation is 2. The van der Waals surface area contributed by atoms with Gasteiger partial charge in [-0.1, -0.05) is 29.3 Å². The van der Waals surface area contributed by atoms with Crippen LogP contribution in [0, 0.1) is 13.8 Å². The molecule has 0 aromatic heterocycles.